The second kappa shape index (κ2) is 360. The quantitative estimate of drug-likeness (QED) is 0.225. The van der Waals surface area contributed by atoms with E-state index in [2.05, 4.69) is 0 Å². The number of hydrogen-bond acceptors (Lipinski definition) is 0. The van der Waals surface area contributed by atoms with Crippen LogP contribution in [0.1, 0.15) is 0 Å². The fourth-order valence-electron chi connectivity index (χ4n) is 0. The van der Waals surface area contributed by atoms with Gasteiger partial charge in [-0.2, -0.15) is 0 Å². The van der Waals surface area contributed by atoms with Gasteiger partial charge in [0.15, 0.2) is 0 Å². The topological polar surface area (TPSA) is 370 Å². The third kappa shape index (κ3) is 318. The van der Waals surface area contributed by atoms with Gasteiger partial charge >= 0.3 is 147 Å². The Balaban J connectivity index is 0. The van der Waals surface area contributed by atoms with Gasteiger partial charge in [0, 0.05) is 74.2 Å². The maximum atomic E-state index is 0. The van der Waals surface area contributed by atoms with E-state index in [0.717, 1.165) is 0 Å². The van der Waals surface area contributed by atoms with Crippen molar-refractivity contribution in [3.63, 3.8) is 0 Å². The molecule has 4 radical (unpaired) electrons. The van der Waals surface area contributed by atoms with Crippen LogP contribution in [0.15, 0.2) is 0 Å². The van der Waals surface area contributed by atoms with E-state index in [1.165, 1.54) is 0 Å². The van der Waals surface area contributed by atoms with Crippen LogP contribution in [0.25, 0.3) is 0 Å². The molecule has 0 aromatic heterocycles. The second-order valence-corrected chi connectivity index (χ2v) is 0. The summed E-state index contributed by atoms with van der Waals surface area (Å²) in [5.74, 6) is 0. The van der Waals surface area contributed by atoms with E-state index in [4.69, 9.17) is 0 Å². The summed E-state index contributed by atoms with van der Waals surface area (Å²) in [5, 5.41) is 0. The van der Waals surface area contributed by atoms with Gasteiger partial charge in [-0.3, -0.25) is 0 Å². The maximum absolute atomic E-state index is 0. The van der Waals surface area contributed by atoms with Crippen LogP contribution in [0.2, 0.25) is 0 Å². The molecule has 20 heavy (non-hydrogen) atoms. The van der Waals surface area contributed by atoms with Gasteiger partial charge in [-0.1, -0.05) is 0 Å². The van der Waals surface area contributed by atoms with Gasteiger partial charge in [0.1, 0.15) is 0 Å². The third-order valence-corrected chi connectivity index (χ3v) is 0. The van der Waals surface area contributed by atoms with E-state index in [1.807, 2.05) is 0 Å². The first kappa shape index (κ1) is 405. The maximum Gasteiger partial charge on any atom is 2.00 e. The Labute approximate surface area is 284 Å². The van der Waals surface area contributed by atoms with Gasteiger partial charge < -0.3 is 71.2 Å². The molecule has 13 nitrogen and oxygen atoms in total. The largest absolute Gasteiger partial charge is 2.00 e. The molecular formula is Ba3O13V4-20. The van der Waals surface area contributed by atoms with Gasteiger partial charge in [-0.15, -0.1) is 0 Å². The molecular weight excluding hydrogens is 824 g/mol. The van der Waals surface area contributed by atoms with Crippen molar-refractivity contribution < 1.29 is 145 Å². The Morgan fingerprint density at radius 1 is 0.150 bits per heavy atom. The predicted molar refractivity (Wildman–Crippen MR) is 26.2 cm³/mol. The van der Waals surface area contributed by atoms with Crippen LogP contribution in [-0.2, 0) is 145 Å². The Morgan fingerprint density at radius 3 is 0.150 bits per heavy atom. The smallest absolute Gasteiger partial charge is 2.00 e. The van der Waals surface area contributed by atoms with Gasteiger partial charge in [0.25, 0.3) is 0 Å². The van der Waals surface area contributed by atoms with Crippen molar-refractivity contribution in [1.82, 2.24) is 0 Å². The summed E-state index contributed by atoms with van der Waals surface area (Å²) in [6.07, 6.45) is 0. The van der Waals surface area contributed by atoms with E-state index >= 15 is 0 Å². The summed E-state index contributed by atoms with van der Waals surface area (Å²) in [6, 6.07) is 0. The van der Waals surface area contributed by atoms with Crippen LogP contribution in [0.4, 0.5) is 0 Å². The molecule has 0 aliphatic heterocycles. The van der Waals surface area contributed by atoms with E-state index in [9.17, 15) is 0 Å². The minimum atomic E-state index is 0. The minimum Gasteiger partial charge on any atom is -2.00 e. The fourth-order valence-corrected chi connectivity index (χ4v) is 0. The van der Waals surface area contributed by atoms with Crippen LogP contribution < -0.4 is 0 Å². The van der Waals surface area contributed by atoms with Crippen molar-refractivity contribution in [2.45, 2.75) is 0 Å². The molecule has 0 amide bonds. The number of hydrogen-bond donors (Lipinski definition) is 0. The van der Waals surface area contributed by atoms with Gasteiger partial charge in [-0.05, 0) is 0 Å². The summed E-state index contributed by atoms with van der Waals surface area (Å²) in [6.45, 7) is 0. The molecule has 0 bridgehead atoms. The molecule has 0 aromatic carbocycles. The van der Waals surface area contributed by atoms with E-state index in [0.29, 0.717) is 0 Å². The fraction of sp³-hybridized carbons (Fsp3) is 0. The molecule has 0 aliphatic carbocycles. The Hall–Kier alpha value is 6.53. The van der Waals surface area contributed by atoms with Gasteiger partial charge in [0.2, 0.25) is 0 Å². The van der Waals surface area contributed by atoms with E-state index in [1.54, 1.807) is 0 Å². The molecule has 0 fully saturated rings. The molecule has 0 aromatic rings. The molecule has 0 N–H and O–H groups in total. The Kier molecular flexibility index (Phi) is 7300. The van der Waals surface area contributed by atoms with Crippen LogP contribution >= 0.6 is 0 Å². The van der Waals surface area contributed by atoms with Gasteiger partial charge in [-0.25, -0.2) is 0 Å². The Morgan fingerprint density at radius 2 is 0.150 bits per heavy atom. The van der Waals surface area contributed by atoms with Crippen LogP contribution in [0.3, 0.4) is 0 Å². The van der Waals surface area contributed by atoms with Crippen LogP contribution in [-0.4, -0.2) is 147 Å². The molecule has 0 rings (SSSR count). The molecule has 0 atom stereocenters. The summed E-state index contributed by atoms with van der Waals surface area (Å²) in [5.41, 5.74) is 0. The molecule has 0 unspecified atom stereocenters. The van der Waals surface area contributed by atoms with Crippen LogP contribution in [0.5, 0.6) is 0 Å². The summed E-state index contributed by atoms with van der Waals surface area (Å²) in [4.78, 5) is 0. The monoisotopic (exact) mass is 825 g/mol. The zero-order valence-corrected chi connectivity index (χ0v) is 28.1. The summed E-state index contributed by atoms with van der Waals surface area (Å²) < 4.78 is 0. The normalized spacial score (nSPS) is 0. The molecule has 0 saturated heterocycles. The average molecular weight is 824 g/mol. The first-order valence-corrected chi connectivity index (χ1v) is 0. The van der Waals surface area contributed by atoms with Crippen molar-refractivity contribution >= 4 is 147 Å². The molecule has 0 heterocycles. The zero-order valence-electron chi connectivity index (χ0n) is 9.22. The zero-order chi connectivity index (χ0) is 0. The third-order valence-electron chi connectivity index (χ3n) is 0. The molecule has 20 heteroatoms. The van der Waals surface area contributed by atoms with Crippen molar-refractivity contribution in [2.75, 3.05) is 0 Å². The van der Waals surface area contributed by atoms with Gasteiger partial charge in [0.05, 0.1) is 0 Å². The second-order valence-electron chi connectivity index (χ2n) is 0. The average Bonchev–Trinajstić information content (AvgIpc) is 0. The summed E-state index contributed by atoms with van der Waals surface area (Å²) in [7, 11) is 0. The minimum absolute atomic E-state index is 0. The number of rotatable bonds is 0. The summed E-state index contributed by atoms with van der Waals surface area (Å²) >= 11 is 0. The van der Waals surface area contributed by atoms with Crippen molar-refractivity contribution in [3.05, 3.63) is 0 Å². The van der Waals surface area contributed by atoms with Crippen molar-refractivity contribution in [2.24, 2.45) is 0 Å². The standard InChI is InChI=1S/3Ba.13O.4V/q3*+2;13*-2;;;;. The Bertz CT molecular complexity index is 25.6. The van der Waals surface area contributed by atoms with Crippen molar-refractivity contribution in [3.8, 4) is 0 Å². The van der Waals surface area contributed by atoms with Crippen LogP contribution in [0, 0.1) is 0 Å². The predicted octanol–water partition coefficient (Wildman–Crippen LogP) is -2.70. The van der Waals surface area contributed by atoms with Crippen molar-refractivity contribution in [1.29, 1.82) is 0 Å². The van der Waals surface area contributed by atoms with E-state index < -0.39 is 0 Å². The molecule has 0 spiro atoms. The molecule has 124 valence electrons. The van der Waals surface area contributed by atoms with E-state index in [-0.39, 0.29) is 292 Å². The first-order valence-electron chi connectivity index (χ1n) is 0. The molecule has 0 saturated carbocycles. The SMILES string of the molecule is [Ba+2].[Ba+2].[Ba+2].[O-2].[O-2].[O-2].[O-2].[O-2].[O-2].[O-2].[O-2].[O-2].[O-2].[O-2].[O-2].[O-2].[V].[V].[V].[V]. The first-order chi connectivity index (χ1) is 0. The molecule has 0 aliphatic rings.